The van der Waals surface area contributed by atoms with Gasteiger partial charge in [0.2, 0.25) is 5.91 Å². The predicted octanol–water partition coefficient (Wildman–Crippen LogP) is 2.36. The Bertz CT molecular complexity index is 487. The van der Waals surface area contributed by atoms with Gasteiger partial charge in [-0.2, -0.15) is 0 Å². The second kappa shape index (κ2) is 7.21. The molecule has 0 bridgehead atoms. The van der Waals surface area contributed by atoms with Crippen LogP contribution in [0.15, 0.2) is 29.8 Å². The first-order chi connectivity index (χ1) is 9.66. The topological polar surface area (TPSA) is 46.6 Å². The number of hydrogen-bond donors (Lipinski definition) is 0. The minimum atomic E-state index is -0.654. The van der Waals surface area contributed by atoms with Gasteiger partial charge in [-0.05, 0) is 17.9 Å². The van der Waals surface area contributed by atoms with Crippen LogP contribution < -0.4 is 0 Å². The van der Waals surface area contributed by atoms with Gasteiger partial charge in [-0.3, -0.25) is 4.79 Å². The first-order valence-corrected chi connectivity index (χ1v) is 7.12. The quantitative estimate of drug-likeness (QED) is 0.720. The van der Waals surface area contributed by atoms with Gasteiger partial charge in [-0.25, -0.2) is 0 Å². The predicted molar refractivity (Wildman–Crippen MR) is 73.7 cm³/mol. The molecule has 2 heterocycles. The summed E-state index contributed by atoms with van der Waals surface area (Å²) in [6.45, 7) is 1.05. The van der Waals surface area contributed by atoms with Crippen LogP contribution in [0.5, 0.6) is 0 Å². The maximum absolute atomic E-state index is 11.7. The van der Waals surface area contributed by atoms with E-state index in [1.54, 1.807) is 28.5 Å². The Morgan fingerprint density at radius 2 is 2.53 bits per heavy atom. The fourth-order valence-corrected chi connectivity index (χ4v) is 2.68. The number of likely N-dealkylation sites (tertiary alicyclic amines) is 1. The van der Waals surface area contributed by atoms with Crippen LogP contribution in [0, 0.1) is 0 Å². The SMILES string of the molecule is [2H]C(=O)CC=CN1C(=O)CCC1COCc1cccs1. The van der Waals surface area contributed by atoms with E-state index in [0.29, 0.717) is 19.6 Å². The zero-order valence-corrected chi connectivity index (χ0v) is 11.4. The minimum Gasteiger partial charge on any atom is -0.374 e. The Morgan fingerprint density at radius 3 is 3.26 bits per heavy atom. The number of allylic oxidation sites excluding steroid dienone is 1. The van der Waals surface area contributed by atoms with E-state index < -0.39 is 6.26 Å². The van der Waals surface area contributed by atoms with Crippen LogP contribution in [-0.4, -0.2) is 29.7 Å². The molecule has 102 valence electrons. The van der Waals surface area contributed by atoms with Gasteiger partial charge in [0.05, 0.1) is 19.3 Å². The van der Waals surface area contributed by atoms with Gasteiger partial charge in [0.15, 0.2) is 0 Å². The first kappa shape index (κ1) is 12.6. The highest BCUT2D eigenvalue weighted by Gasteiger charge is 2.29. The van der Waals surface area contributed by atoms with Crippen molar-refractivity contribution in [2.45, 2.75) is 31.9 Å². The number of thiophene rings is 1. The van der Waals surface area contributed by atoms with Gasteiger partial charge in [0.25, 0.3) is 0 Å². The smallest absolute Gasteiger partial charge is 0.226 e. The molecule has 0 N–H and O–H groups in total. The summed E-state index contributed by atoms with van der Waals surface area (Å²) >= 11 is 1.65. The molecule has 4 nitrogen and oxygen atoms in total. The number of nitrogens with zero attached hydrogens (tertiary/aromatic N) is 1. The molecule has 1 saturated heterocycles. The molecule has 1 aromatic heterocycles. The number of ether oxygens (including phenoxy) is 1. The number of amides is 1. The summed E-state index contributed by atoms with van der Waals surface area (Å²) in [6.07, 6.45) is 3.82. The molecule has 1 fully saturated rings. The number of hydrogen-bond acceptors (Lipinski definition) is 4. The summed E-state index contributed by atoms with van der Waals surface area (Å²) in [6, 6.07) is 4.02. The van der Waals surface area contributed by atoms with Gasteiger partial charge in [-0.15, -0.1) is 11.3 Å². The van der Waals surface area contributed by atoms with Crippen LogP contribution in [0.25, 0.3) is 0 Å². The number of aldehydes is 1. The molecule has 1 aromatic rings. The monoisotopic (exact) mass is 280 g/mol. The second-order valence-electron chi connectivity index (χ2n) is 4.32. The zero-order chi connectivity index (χ0) is 14.4. The second-order valence-corrected chi connectivity index (χ2v) is 5.35. The van der Waals surface area contributed by atoms with E-state index in [9.17, 15) is 9.59 Å². The van der Waals surface area contributed by atoms with Crippen LogP contribution in [-0.2, 0) is 20.9 Å². The Labute approximate surface area is 118 Å². The molecule has 1 amide bonds. The van der Waals surface area contributed by atoms with Crippen molar-refractivity contribution >= 4 is 23.5 Å². The maximum atomic E-state index is 11.7. The first-order valence-electron chi connectivity index (χ1n) is 6.74. The fourth-order valence-electron chi connectivity index (χ4n) is 2.04. The number of rotatable bonds is 7. The van der Waals surface area contributed by atoms with Crippen molar-refractivity contribution in [2.75, 3.05) is 6.61 Å². The number of carbonyl (C=O) groups is 2. The average molecular weight is 280 g/mol. The molecule has 1 aliphatic heterocycles. The van der Waals surface area contributed by atoms with Crippen molar-refractivity contribution in [1.82, 2.24) is 4.90 Å². The number of carbonyl (C=O) groups excluding carboxylic acids is 2. The molecule has 0 saturated carbocycles. The molecule has 1 aliphatic rings. The third-order valence-corrected chi connectivity index (χ3v) is 3.82. The molecule has 5 heteroatoms. The van der Waals surface area contributed by atoms with Gasteiger partial charge < -0.3 is 14.4 Å². The molecular formula is C14H17NO3S. The Kier molecular flexibility index (Phi) is 4.77. The van der Waals surface area contributed by atoms with Crippen LogP contribution in [0.1, 0.15) is 25.5 Å². The summed E-state index contributed by atoms with van der Waals surface area (Å²) < 4.78 is 12.5. The highest BCUT2D eigenvalue weighted by Crippen LogP contribution is 2.20. The fraction of sp³-hybridized carbons (Fsp3) is 0.429. The third kappa shape index (κ3) is 4.01. The van der Waals surface area contributed by atoms with Crippen molar-refractivity contribution in [3.63, 3.8) is 0 Å². The van der Waals surface area contributed by atoms with Crippen molar-refractivity contribution in [3.05, 3.63) is 34.7 Å². The molecule has 1 unspecified atom stereocenters. The minimum absolute atomic E-state index is 0.0274. The molecule has 0 aliphatic carbocycles. The lowest BCUT2D eigenvalue weighted by Crippen LogP contribution is -2.31. The Balaban J connectivity index is 1.81. The van der Waals surface area contributed by atoms with Gasteiger partial charge in [0.1, 0.15) is 7.63 Å². The lowest BCUT2D eigenvalue weighted by Gasteiger charge is -2.20. The summed E-state index contributed by atoms with van der Waals surface area (Å²) in [4.78, 5) is 25.1. The van der Waals surface area contributed by atoms with E-state index in [-0.39, 0.29) is 18.4 Å². The highest BCUT2D eigenvalue weighted by molar-refractivity contribution is 7.09. The molecule has 0 spiro atoms. The van der Waals surface area contributed by atoms with E-state index in [4.69, 9.17) is 6.11 Å². The third-order valence-electron chi connectivity index (χ3n) is 2.97. The molecule has 19 heavy (non-hydrogen) atoms. The molecule has 0 aromatic carbocycles. The van der Waals surface area contributed by atoms with Crippen LogP contribution in [0.3, 0.4) is 0 Å². The molecule has 0 radical (unpaired) electrons. The summed E-state index contributed by atoms with van der Waals surface area (Å²) in [5.41, 5.74) is 0. The highest BCUT2D eigenvalue weighted by atomic mass is 32.1. The van der Waals surface area contributed by atoms with Gasteiger partial charge >= 0.3 is 0 Å². The van der Waals surface area contributed by atoms with Crippen molar-refractivity contribution in [3.8, 4) is 0 Å². The molecular weight excluding hydrogens is 262 g/mol. The summed E-state index contributed by atoms with van der Waals surface area (Å²) in [7, 11) is 0. The largest absolute Gasteiger partial charge is 0.374 e. The Morgan fingerprint density at radius 1 is 1.63 bits per heavy atom. The van der Waals surface area contributed by atoms with Crippen LogP contribution in [0.2, 0.25) is 0 Å². The van der Waals surface area contributed by atoms with E-state index >= 15 is 0 Å². The Hall–Kier alpha value is -1.46. The molecule has 1 atom stereocenters. The van der Waals surface area contributed by atoms with E-state index in [1.165, 1.54) is 0 Å². The van der Waals surface area contributed by atoms with E-state index in [0.717, 1.165) is 11.3 Å². The summed E-state index contributed by atoms with van der Waals surface area (Å²) in [5.74, 6) is 0.0448. The zero-order valence-electron chi connectivity index (χ0n) is 11.6. The summed E-state index contributed by atoms with van der Waals surface area (Å²) in [5, 5.41) is 2.00. The van der Waals surface area contributed by atoms with Crippen molar-refractivity contribution in [1.29, 1.82) is 0 Å². The normalized spacial score (nSPS) is 20.2. The average Bonchev–Trinajstić information content (AvgIpc) is 3.02. The maximum Gasteiger partial charge on any atom is 0.226 e. The van der Waals surface area contributed by atoms with Crippen molar-refractivity contribution in [2.24, 2.45) is 0 Å². The van der Waals surface area contributed by atoms with Crippen molar-refractivity contribution < 1.29 is 15.7 Å². The lowest BCUT2D eigenvalue weighted by molar-refractivity contribution is -0.127. The van der Waals surface area contributed by atoms with E-state index in [2.05, 4.69) is 0 Å². The van der Waals surface area contributed by atoms with Gasteiger partial charge in [0, 0.05) is 23.9 Å². The van der Waals surface area contributed by atoms with Crippen LogP contribution >= 0.6 is 11.3 Å². The van der Waals surface area contributed by atoms with E-state index in [1.807, 2.05) is 17.5 Å². The molecule has 2 rings (SSSR count). The standard InChI is InChI=1S/C14H17NO3S/c16-8-2-1-7-15-12(5-6-14(15)17)10-18-11-13-4-3-9-19-13/h1,3-4,7-9,12H,2,5-6,10-11H2/i8D. The van der Waals surface area contributed by atoms with Gasteiger partial charge in [-0.1, -0.05) is 12.1 Å². The van der Waals surface area contributed by atoms with Crippen LogP contribution in [0.4, 0.5) is 0 Å². The lowest BCUT2D eigenvalue weighted by atomic mass is 10.2.